The lowest BCUT2D eigenvalue weighted by molar-refractivity contribution is -0.150. The van der Waals surface area contributed by atoms with Gasteiger partial charge in [-0.25, -0.2) is 9.37 Å². The molecule has 1 aromatic heterocycles. The molecule has 0 spiro atoms. The maximum Gasteiger partial charge on any atom is 0.306 e. The fourth-order valence-electron chi connectivity index (χ4n) is 7.46. The van der Waals surface area contributed by atoms with Crippen molar-refractivity contribution >= 4 is 41.0 Å². The van der Waals surface area contributed by atoms with Gasteiger partial charge in [0.1, 0.15) is 22.6 Å². The molecule has 58 heavy (non-hydrogen) atoms. The summed E-state index contributed by atoms with van der Waals surface area (Å²) in [5.74, 6) is -4.05. The van der Waals surface area contributed by atoms with Crippen molar-refractivity contribution in [3.05, 3.63) is 87.6 Å². The molecule has 2 aromatic carbocycles. The molecule has 3 N–H and O–H groups in total. The van der Waals surface area contributed by atoms with Gasteiger partial charge in [-0.3, -0.25) is 28.9 Å². The lowest BCUT2D eigenvalue weighted by Gasteiger charge is -2.40. The normalized spacial score (nSPS) is 17.6. The molecule has 12 nitrogen and oxygen atoms in total. The van der Waals surface area contributed by atoms with Crippen LogP contribution in [0, 0.1) is 23.6 Å². The van der Waals surface area contributed by atoms with Crippen LogP contribution < -0.4 is 10.6 Å². The largest absolute Gasteiger partial charge is 0.481 e. The maximum absolute atomic E-state index is 15.0. The predicted octanol–water partition coefficient (Wildman–Crippen LogP) is 6.80. The lowest BCUT2D eigenvalue weighted by Crippen LogP contribution is -2.58. The number of esters is 1. The average molecular weight is 822 g/mol. The number of amides is 3. The second kappa shape index (κ2) is 21.9. The van der Waals surface area contributed by atoms with Crippen molar-refractivity contribution < 1.29 is 38.2 Å². The summed E-state index contributed by atoms with van der Waals surface area (Å²) in [6, 6.07) is 13.1. The van der Waals surface area contributed by atoms with Crippen molar-refractivity contribution in [3.8, 4) is 0 Å². The number of aliphatic carboxylic acids is 1. The van der Waals surface area contributed by atoms with Crippen LogP contribution in [0.5, 0.6) is 0 Å². The number of piperidine rings is 1. The third-order valence-corrected chi connectivity index (χ3v) is 12.0. The highest BCUT2D eigenvalue weighted by Crippen LogP contribution is 2.32. The highest BCUT2D eigenvalue weighted by molar-refractivity contribution is 7.09. The number of carbonyl (C=O) groups excluding carboxylic acids is 4. The van der Waals surface area contributed by atoms with E-state index in [2.05, 4.69) is 15.6 Å². The minimum atomic E-state index is -0.964. The molecule has 1 fully saturated rings. The summed E-state index contributed by atoms with van der Waals surface area (Å²) in [6.45, 7) is 11.6. The van der Waals surface area contributed by atoms with E-state index in [0.29, 0.717) is 29.8 Å². The van der Waals surface area contributed by atoms with Crippen molar-refractivity contribution in [2.45, 2.75) is 123 Å². The number of nitrogens with zero attached hydrogens (tertiary/aromatic N) is 3. The van der Waals surface area contributed by atoms with Gasteiger partial charge in [0.15, 0.2) is 6.10 Å². The second-order valence-corrected chi connectivity index (χ2v) is 16.9. The van der Waals surface area contributed by atoms with Crippen molar-refractivity contribution in [2.24, 2.45) is 17.8 Å². The molecule has 2 heterocycles. The summed E-state index contributed by atoms with van der Waals surface area (Å²) < 4.78 is 19.9. The molecule has 316 valence electrons. The number of rotatable bonds is 20. The molecule has 1 aliphatic rings. The molecule has 3 aromatic rings. The number of carboxylic acids is 1. The van der Waals surface area contributed by atoms with Crippen molar-refractivity contribution in [1.82, 2.24) is 25.4 Å². The SMILES string of the molecule is CC[C@H](C)[C@H](NC(=O)[C@H]1CCCCN1C)C(=O)N(Cc1ccc(F)cc1)[C@H](C[C@@H](OC(C)=O)c1nc(C(=O)N[C@@H](Cc2ccccc2)C[C@H](C)C(=O)O)cs1)C(C)C. The Balaban J connectivity index is 1.65. The molecule has 1 saturated heterocycles. The first-order valence-corrected chi connectivity index (χ1v) is 21.2. The average Bonchev–Trinajstić information content (AvgIpc) is 3.69. The number of aromatic nitrogens is 1. The third-order valence-electron chi connectivity index (χ3n) is 11.1. The van der Waals surface area contributed by atoms with Crippen LogP contribution in [0.2, 0.25) is 0 Å². The van der Waals surface area contributed by atoms with Gasteiger partial charge in [-0.2, -0.15) is 0 Å². The topological polar surface area (TPSA) is 158 Å². The first kappa shape index (κ1) is 46.0. The first-order chi connectivity index (χ1) is 27.6. The van der Waals surface area contributed by atoms with Gasteiger partial charge in [-0.1, -0.05) is 89.9 Å². The smallest absolute Gasteiger partial charge is 0.306 e. The van der Waals surface area contributed by atoms with Gasteiger partial charge < -0.3 is 25.4 Å². The van der Waals surface area contributed by atoms with Gasteiger partial charge >= 0.3 is 11.9 Å². The van der Waals surface area contributed by atoms with Crippen molar-refractivity contribution in [1.29, 1.82) is 0 Å². The minimum Gasteiger partial charge on any atom is -0.481 e. The zero-order valence-electron chi connectivity index (χ0n) is 34.8. The van der Waals surface area contributed by atoms with E-state index in [0.717, 1.165) is 36.3 Å². The van der Waals surface area contributed by atoms with E-state index in [4.69, 9.17) is 4.74 Å². The van der Waals surface area contributed by atoms with Crippen LogP contribution in [0.1, 0.15) is 113 Å². The molecular formula is C44H60FN5O7S. The fourth-order valence-corrected chi connectivity index (χ4v) is 8.30. The Labute approximate surface area is 345 Å². The zero-order valence-corrected chi connectivity index (χ0v) is 35.6. The molecular weight excluding hydrogens is 762 g/mol. The van der Waals surface area contributed by atoms with E-state index in [9.17, 15) is 33.5 Å². The van der Waals surface area contributed by atoms with E-state index < -0.39 is 53.8 Å². The summed E-state index contributed by atoms with van der Waals surface area (Å²) >= 11 is 1.15. The number of hydrogen-bond acceptors (Lipinski definition) is 9. The molecule has 1 aliphatic heterocycles. The van der Waals surface area contributed by atoms with Crippen LogP contribution in [0.25, 0.3) is 0 Å². The van der Waals surface area contributed by atoms with Gasteiger partial charge in [0.2, 0.25) is 11.8 Å². The molecule has 14 heteroatoms. The summed E-state index contributed by atoms with van der Waals surface area (Å²) in [4.78, 5) is 75.1. The standard InChI is InChI=1S/C44H60FN5O7S/c1-8-28(4)39(48-41(53)36-16-12-13-21-49(36)7)43(54)50(25-32-17-19-33(45)20-18-32)37(27(2)3)24-38(57-30(6)51)42-47-35(26-58-42)40(52)46-34(22-29(5)44(55)56)23-31-14-10-9-11-15-31/h9-11,14-15,17-20,26-29,34,36-39H,8,12-13,16,21-25H2,1-7H3,(H,46,52)(H,48,53)(H,55,56)/t28-,29-,34+,36+,37+,38+,39-/m0/s1. The lowest BCUT2D eigenvalue weighted by atomic mass is 9.91. The summed E-state index contributed by atoms with van der Waals surface area (Å²) in [5.41, 5.74) is 1.71. The number of nitrogens with one attached hydrogen (secondary N) is 2. The van der Waals surface area contributed by atoms with E-state index >= 15 is 0 Å². The maximum atomic E-state index is 15.0. The highest BCUT2D eigenvalue weighted by Gasteiger charge is 2.39. The van der Waals surface area contributed by atoms with E-state index in [1.165, 1.54) is 19.1 Å². The third kappa shape index (κ3) is 13.2. The van der Waals surface area contributed by atoms with Crippen LogP contribution in [0.15, 0.2) is 60.0 Å². The molecule has 0 unspecified atom stereocenters. The van der Waals surface area contributed by atoms with Gasteiger partial charge in [-0.05, 0) is 74.4 Å². The van der Waals surface area contributed by atoms with E-state index in [-0.39, 0.29) is 54.8 Å². The van der Waals surface area contributed by atoms with Crippen LogP contribution in [-0.2, 0) is 36.9 Å². The number of halogens is 1. The zero-order chi connectivity index (χ0) is 42.5. The predicted molar refractivity (Wildman–Crippen MR) is 221 cm³/mol. The van der Waals surface area contributed by atoms with Crippen molar-refractivity contribution in [2.75, 3.05) is 13.6 Å². The Hall–Kier alpha value is -4.69. The van der Waals surface area contributed by atoms with Gasteiger partial charge in [0.25, 0.3) is 5.91 Å². The number of likely N-dealkylation sites (tertiary alicyclic amines) is 1. The Bertz CT molecular complexity index is 1820. The molecule has 0 radical (unpaired) electrons. The quantitative estimate of drug-likeness (QED) is 0.104. The molecule has 7 atom stereocenters. The van der Waals surface area contributed by atoms with Crippen molar-refractivity contribution in [3.63, 3.8) is 0 Å². The monoisotopic (exact) mass is 821 g/mol. The molecule has 0 aliphatic carbocycles. The molecule has 4 rings (SSSR count). The Morgan fingerprint density at radius 3 is 2.28 bits per heavy atom. The van der Waals surface area contributed by atoms with Crippen LogP contribution in [-0.4, -0.2) is 87.3 Å². The number of benzene rings is 2. The molecule has 0 saturated carbocycles. The van der Waals surface area contributed by atoms with Crippen LogP contribution in [0.3, 0.4) is 0 Å². The first-order valence-electron chi connectivity index (χ1n) is 20.3. The number of thiazole rings is 1. The molecule has 3 amide bonds. The number of ether oxygens (including phenoxy) is 1. The molecule has 0 bridgehead atoms. The fraction of sp³-hybridized carbons (Fsp3) is 0.545. The Morgan fingerprint density at radius 1 is 0.983 bits per heavy atom. The Kier molecular flexibility index (Phi) is 17.4. The highest BCUT2D eigenvalue weighted by atomic mass is 32.1. The summed E-state index contributed by atoms with van der Waals surface area (Å²) in [6.07, 6.45) is 3.04. The van der Waals surface area contributed by atoms with Gasteiger partial charge in [0.05, 0.1) is 12.0 Å². The Morgan fingerprint density at radius 2 is 1.67 bits per heavy atom. The number of carboxylic acid groups (broad SMARTS) is 1. The van der Waals surface area contributed by atoms with Crippen LogP contribution >= 0.6 is 11.3 Å². The van der Waals surface area contributed by atoms with Crippen LogP contribution in [0.4, 0.5) is 4.39 Å². The van der Waals surface area contributed by atoms with E-state index in [1.54, 1.807) is 29.3 Å². The van der Waals surface area contributed by atoms with E-state index in [1.807, 2.05) is 70.0 Å². The van der Waals surface area contributed by atoms with Gasteiger partial charge in [0, 0.05) is 37.4 Å². The summed E-state index contributed by atoms with van der Waals surface area (Å²) in [5, 5.41) is 17.6. The summed E-state index contributed by atoms with van der Waals surface area (Å²) in [7, 11) is 1.92. The van der Waals surface area contributed by atoms with Gasteiger partial charge in [-0.15, -0.1) is 11.3 Å². The second-order valence-electron chi connectivity index (χ2n) is 16.0. The number of carbonyl (C=O) groups is 5. The number of likely N-dealkylation sites (N-methyl/N-ethyl adjacent to an activating group) is 1. The number of hydrogen-bond donors (Lipinski definition) is 3. The minimum absolute atomic E-state index is 0.0887.